The number of pyridine rings is 1. The Morgan fingerprint density at radius 2 is 1.90 bits per heavy atom. The molecule has 2 nitrogen and oxygen atoms in total. The van der Waals surface area contributed by atoms with Crippen molar-refractivity contribution in [1.82, 2.24) is 4.98 Å². The van der Waals surface area contributed by atoms with Gasteiger partial charge in [-0.25, -0.2) is 9.37 Å². The number of methoxy groups -OCH3 is 1. The Morgan fingerprint density at radius 3 is 2.70 bits per heavy atom. The number of hydrogen-bond donors (Lipinski definition) is 0. The van der Waals surface area contributed by atoms with Gasteiger partial charge in [0.05, 0.1) is 18.3 Å². The van der Waals surface area contributed by atoms with E-state index in [2.05, 4.69) is 4.98 Å². The molecule has 3 aromatic rings. The summed E-state index contributed by atoms with van der Waals surface area (Å²) in [4.78, 5) is 4.53. The Kier molecular flexibility index (Phi) is 3.11. The van der Waals surface area contributed by atoms with Crippen molar-refractivity contribution in [3.05, 3.63) is 59.9 Å². The summed E-state index contributed by atoms with van der Waals surface area (Å²) in [6.07, 6.45) is 0. The van der Waals surface area contributed by atoms with E-state index < -0.39 is 0 Å². The highest BCUT2D eigenvalue weighted by Crippen LogP contribution is 2.25. The number of ether oxygens (including phenoxy) is 1. The number of hydrogen-bond acceptors (Lipinski definition) is 2. The fourth-order valence-corrected chi connectivity index (χ4v) is 2.20. The number of rotatable bonds is 2. The van der Waals surface area contributed by atoms with E-state index in [-0.39, 0.29) is 5.82 Å². The summed E-state index contributed by atoms with van der Waals surface area (Å²) in [5.74, 6) is 0.548. The summed E-state index contributed by atoms with van der Waals surface area (Å²) in [6, 6.07) is 14.9. The molecule has 3 heteroatoms. The molecular formula is C17H14FNO. The molecule has 2 aromatic carbocycles. The van der Waals surface area contributed by atoms with Crippen molar-refractivity contribution >= 4 is 10.9 Å². The van der Waals surface area contributed by atoms with E-state index in [1.165, 1.54) is 6.07 Å². The molecule has 0 spiro atoms. The highest BCUT2D eigenvalue weighted by Gasteiger charge is 2.05. The lowest BCUT2D eigenvalue weighted by molar-refractivity contribution is 0.415. The molecule has 0 radical (unpaired) electrons. The van der Waals surface area contributed by atoms with Crippen LogP contribution in [0.1, 0.15) is 5.56 Å². The van der Waals surface area contributed by atoms with Crippen LogP contribution < -0.4 is 4.74 Å². The molecule has 0 bridgehead atoms. The molecule has 1 aromatic heterocycles. The number of fused-ring (bicyclic) bond motifs is 1. The summed E-state index contributed by atoms with van der Waals surface area (Å²) in [7, 11) is 1.63. The SMILES string of the molecule is COc1cccc(-c2ccc3cc(C)c(F)cc3n2)c1. The first-order valence-electron chi connectivity index (χ1n) is 6.39. The summed E-state index contributed by atoms with van der Waals surface area (Å²) in [6.45, 7) is 1.75. The largest absolute Gasteiger partial charge is 0.497 e. The summed E-state index contributed by atoms with van der Waals surface area (Å²) < 4.78 is 18.9. The van der Waals surface area contributed by atoms with Crippen molar-refractivity contribution in [2.45, 2.75) is 6.92 Å². The molecule has 0 aliphatic rings. The van der Waals surface area contributed by atoms with Crippen LogP contribution in [0, 0.1) is 12.7 Å². The maximum atomic E-state index is 13.6. The molecular weight excluding hydrogens is 253 g/mol. The molecule has 0 aliphatic heterocycles. The minimum absolute atomic E-state index is 0.229. The predicted octanol–water partition coefficient (Wildman–Crippen LogP) is 4.36. The average molecular weight is 267 g/mol. The van der Waals surface area contributed by atoms with Crippen LogP contribution in [0.3, 0.4) is 0 Å². The predicted molar refractivity (Wildman–Crippen MR) is 78.4 cm³/mol. The Bertz CT molecular complexity index is 783. The molecule has 0 N–H and O–H groups in total. The number of benzene rings is 2. The summed E-state index contributed by atoms with van der Waals surface area (Å²) in [5.41, 5.74) is 3.05. The van der Waals surface area contributed by atoms with Crippen molar-refractivity contribution in [2.75, 3.05) is 7.11 Å². The monoisotopic (exact) mass is 267 g/mol. The minimum atomic E-state index is -0.229. The molecule has 0 unspecified atom stereocenters. The lowest BCUT2D eigenvalue weighted by Gasteiger charge is -2.06. The number of aryl methyl sites for hydroxylation is 1. The maximum absolute atomic E-state index is 13.6. The highest BCUT2D eigenvalue weighted by atomic mass is 19.1. The van der Waals surface area contributed by atoms with Gasteiger partial charge in [0.2, 0.25) is 0 Å². The minimum Gasteiger partial charge on any atom is -0.497 e. The van der Waals surface area contributed by atoms with Crippen molar-refractivity contribution in [3.63, 3.8) is 0 Å². The number of aromatic nitrogens is 1. The third-order valence-electron chi connectivity index (χ3n) is 3.34. The van der Waals surface area contributed by atoms with Gasteiger partial charge < -0.3 is 4.74 Å². The van der Waals surface area contributed by atoms with E-state index >= 15 is 0 Å². The quantitative estimate of drug-likeness (QED) is 0.688. The van der Waals surface area contributed by atoms with E-state index in [0.717, 1.165) is 22.4 Å². The molecule has 1 heterocycles. The van der Waals surface area contributed by atoms with Gasteiger partial charge in [0.1, 0.15) is 11.6 Å². The number of halogens is 1. The standard InChI is InChI=1S/C17H14FNO/c1-11-8-13-6-7-16(19-17(13)10-15(11)18)12-4-3-5-14(9-12)20-2/h3-10H,1-2H3. The summed E-state index contributed by atoms with van der Waals surface area (Å²) >= 11 is 0. The second kappa shape index (κ2) is 4.93. The second-order valence-corrected chi connectivity index (χ2v) is 4.72. The van der Waals surface area contributed by atoms with Gasteiger partial charge in [-0.15, -0.1) is 0 Å². The Balaban J connectivity index is 2.14. The fourth-order valence-electron chi connectivity index (χ4n) is 2.20. The van der Waals surface area contributed by atoms with Gasteiger partial charge in [0.25, 0.3) is 0 Å². The van der Waals surface area contributed by atoms with Gasteiger partial charge >= 0.3 is 0 Å². The van der Waals surface area contributed by atoms with Crippen LogP contribution in [-0.4, -0.2) is 12.1 Å². The van der Waals surface area contributed by atoms with Gasteiger partial charge in [0.15, 0.2) is 0 Å². The molecule has 0 saturated heterocycles. The molecule has 0 aliphatic carbocycles. The van der Waals surface area contributed by atoms with E-state index in [1.54, 1.807) is 14.0 Å². The van der Waals surface area contributed by atoms with Crippen molar-refractivity contribution in [1.29, 1.82) is 0 Å². The zero-order valence-corrected chi connectivity index (χ0v) is 11.4. The van der Waals surface area contributed by atoms with E-state index in [0.29, 0.717) is 11.1 Å². The fraction of sp³-hybridized carbons (Fsp3) is 0.118. The van der Waals surface area contributed by atoms with Gasteiger partial charge in [0, 0.05) is 17.0 Å². The molecule has 0 atom stereocenters. The van der Waals surface area contributed by atoms with Crippen LogP contribution in [0.2, 0.25) is 0 Å². The van der Waals surface area contributed by atoms with Crippen LogP contribution in [-0.2, 0) is 0 Å². The zero-order chi connectivity index (χ0) is 14.1. The third-order valence-corrected chi connectivity index (χ3v) is 3.34. The van der Waals surface area contributed by atoms with Crippen LogP contribution in [0.5, 0.6) is 5.75 Å². The van der Waals surface area contributed by atoms with Crippen molar-refractivity contribution in [2.24, 2.45) is 0 Å². The topological polar surface area (TPSA) is 22.1 Å². The smallest absolute Gasteiger partial charge is 0.128 e. The average Bonchev–Trinajstić information content (AvgIpc) is 2.48. The Morgan fingerprint density at radius 1 is 1.05 bits per heavy atom. The van der Waals surface area contributed by atoms with E-state index in [9.17, 15) is 4.39 Å². The van der Waals surface area contributed by atoms with Crippen LogP contribution >= 0.6 is 0 Å². The van der Waals surface area contributed by atoms with Crippen molar-refractivity contribution in [3.8, 4) is 17.0 Å². The molecule has 0 fully saturated rings. The Labute approximate surface area is 116 Å². The van der Waals surface area contributed by atoms with Gasteiger partial charge in [-0.2, -0.15) is 0 Å². The lowest BCUT2D eigenvalue weighted by Crippen LogP contribution is -1.89. The number of nitrogens with zero attached hydrogens (tertiary/aromatic N) is 1. The van der Waals surface area contributed by atoms with E-state index in [1.807, 2.05) is 42.5 Å². The van der Waals surface area contributed by atoms with E-state index in [4.69, 9.17) is 4.74 Å². The molecule has 0 amide bonds. The van der Waals surface area contributed by atoms with Gasteiger partial charge in [-0.3, -0.25) is 0 Å². The highest BCUT2D eigenvalue weighted by molar-refractivity contribution is 5.82. The van der Waals surface area contributed by atoms with Crippen LogP contribution in [0.4, 0.5) is 4.39 Å². The normalized spacial score (nSPS) is 10.8. The second-order valence-electron chi connectivity index (χ2n) is 4.72. The Hall–Kier alpha value is -2.42. The van der Waals surface area contributed by atoms with Crippen LogP contribution in [0.15, 0.2) is 48.5 Å². The zero-order valence-electron chi connectivity index (χ0n) is 11.4. The molecule has 20 heavy (non-hydrogen) atoms. The van der Waals surface area contributed by atoms with Gasteiger partial charge in [-0.1, -0.05) is 18.2 Å². The third kappa shape index (κ3) is 2.23. The maximum Gasteiger partial charge on any atom is 0.128 e. The van der Waals surface area contributed by atoms with Gasteiger partial charge in [-0.05, 0) is 36.8 Å². The first kappa shape index (κ1) is 12.6. The molecule has 100 valence electrons. The molecule has 0 saturated carbocycles. The first-order chi connectivity index (χ1) is 9.67. The van der Waals surface area contributed by atoms with Crippen LogP contribution in [0.25, 0.3) is 22.2 Å². The molecule has 3 rings (SSSR count). The lowest BCUT2D eigenvalue weighted by atomic mass is 10.1. The van der Waals surface area contributed by atoms with Crippen molar-refractivity contribution < 1.29 is 9.13 Å². The summed E-state index contributed by atoms with van der Waals surface area (Å²) in [5, 5.41) is 0.940. The first-order valence-corrected chi connectivity index (χ1v) is 6.39.